The average molecular weight is 1190 g/mol. The first-order chi connectivity index (χ1) is 44.8. The standard InChI is InChI=1S/C86H76N6/c1-61-24-15-36-71(46-61)89(72-37-16-25-62(2)47-72)83-55-81(56-84(59-83)90(73-38-17-26-63(3)48-73)74-39-18-27-64(4)49-74)87(69-32-11-9-12-33-69)79-44-23-45-80(54-79)88(70-34-13-10-14-35-70)82-57-85(91(75-40-19-28-65(5)50-75)76-41-20-29-66(6)51-76)60-86(58-82)92(77-42-21-30-67(7)52-77)78-43-22-31-68(8)53-78/h9-60H,1-8H3. The summed E-state index contributed by atoms with van der Waals surface area (Å²) in [4.78, 5) is 14.5. The first-order valence-electron chi connectivity index (χ1n) is 31.7. The third-order valence-corrected chi connectivity index (χ3v) is 16.8. The summed E-state index contributed by atoms with van der Waals surface area (Å²) >= 11 is 0. The number of para-hydroxylation sites is 2. The molecule has 0 aliphatic carbocycles. The Hall–Kier alpha value is -11.3. The molecule has 0 N–H and O–H groups in total. The van der Waals surface area contributed by atoms with Gasteiger partial charge >= 0.3 is 0 Å². The summed E-state index contributed by atoms with van der Waals surface area (Å²) in [6.45, 7) is 17.4. The second kappa shape index (κ2) is 26.4. The van der Waals surface area contributed by atoms with E-state index in [0.717, 1.165) is 102 Å². The van der Waals surface area contributed by atoms with Gasteiger partial charge in [0, 0.05) is 68.2 Å². The fraction of sp³-hybridized carbons (Fsp3) is 0.0930. The van der Waals surface area contributed by atoms with Crippen LogP contribution in [0.2, 0.25) is 0 Å². The number of hydrogen-bond acceptors (Lipinski definition) is 6. The number of rotatable bonds is 18. The van der Waals surface area contributed by atoms with Gasteiger partial charge in [0.25, 0.3) is 0 Å². The first kappa shape index (κ1) is 59.6. The summed E-state index contributed by atoms with van der Waals surface area (Å²) in [5.41, 5.74) is 27.9. The van der Waals surface area contributed by atoms with Crippen molar-refractivity contribution in [3.63, 3.8) is 0 Å². The quantitative estimate of drug-likeness (QED) is 0.0847. The molecular formula is C86H76N6. The molecule has 13 rings (SSSR count). The van der Waals surface area contributed by atoms with Crippen molar-refractivity contribution in [1.29, 1.82) is 0 Å². The second-order valence-corrected chi connectivity index (χ2v) is 24.3. The van der Waals surface area contributed by atoms with Crippen molar-refractivity contribution in [2.75, 3.05) is 29.4 Å². The van der Waals surface area contributed by atoms with Crippen molar-refractivity contribution >= 4 is 102 Å². The molecule has 13 aromatic rings. The van der Waals surface area contributed by atoms with Crippen LogP contribution in [0.15, 0.2) is 315 Å². The molecule has 13 aromatic carbocycles. The van der Waals surface area contributed by atoms with Gasteiger partial charge in [-0.3, -0.25) is 0 Å². The third kappa shape index (κ3) is 13.1. The molecule has 6 heteroatoms. The summed E-state index contributed by atoms with van der Waals surface area (Å²) in [6, 6.07) is 116. The minimum Gasteiger partial charge on any atom is -0.310 e. The molecule has 0 unspecified atom stereocenters. The third-order valence-electron chi connectivity index (χ3n) is 16.8. The van der Waals surface area contributed by atoms with E-state index in [2.05, 4.69) is 400 Å². The smallest absolute Gasteiger partial charge is 0.0503 e. The Balaban J connectivity index is 1.08. The maximum absolute atomic E-state index is 2.42. The highest BCUT2D eigenvalue weighted by Gasteiger charge is 2.27. The number of hydrogen-bond donors (Lipinski definition) is 0. The highest BCUT2D eigenvalue weighted by molar-refractivity contribution is 5.93. The molecule has 0 fully saturated rings. The van der Waals surface area contributed by atoms with Gasteiger partial charge in [-0.05, 0) is 276 Å². The van der Waals surface area contributed by atoms with Gasteiger partial charge in [0.2, 0.25) is 0 Å². The first-order valence-corrected chi connectivity index (χ1v) is 31.7. The van der Waals surface area contributed by atoms with Gasteiger partial charge in [-0.25, -0.2) is 0 Å². The fourth-order valence-corrected chi connectivity index (χ4v) is 12.7. The van der Waals surface area contributed by atoms with Crippen LogP contribution < -0.4 is 29.4 Å². The van der Waals surface area contributed by atoms with Crippen molar-refractivity contribution in [2.45, 2.75) is 55.4 Å². The maximum atomic E-state index is 2.42. The van der Waals surface area contributed by atoms with Crippen molar-refractivity contribution in [3.05, 3.63) is 360 Å². The molecule has 0 atom stereocenters. The lowest BCUT2D eigenvalue weighted by atomic mass is 10.1. The second-order valence-electron chi connectivity index (χ2n) is 24.3. The monoisotopic (exact) mass is 1190 g/mol. The van der Waals surface area contributed by atoms with Crippen molar-refractivity contribution in [2.24, 2.45) is 0 Å². The van der Waals surface area contributed by atoms with Gasteiger partial charge in [0.15, 0.2) is 0 Å². The van der Waals surface area contributed by atoms with Gasteiger partial charge in [0.1, 0.15) is 0 Å². The zero-order chi connectivity index (χ0) is 63.2. The molecule has 6 nitrogen and oxygen atoms in total. The summed E-state index contributed by atoms with van der Waals surface area (Å²) in [6.07, 6.45) is 0. The summed E-state index contributed by atoms with van der Waals surface area (Å²) in [5, 5.41) is 0. The van der Waals surface area contributed by atoms with E-state index in [1.165, 1.54) is 44.5 Å². The average Bonchev–Trinajstić information content (AvgIpc) is 0.791. The SMILES string of the molecule is Cc1cccc(N(c2cccc(C)c2)c2cc(N(c3cccc(C)c3)c3cccc(C)c3)cc(N(c3ccccc3)c3cccc(N(c4ccccc4)c4cc(N(c5cccc(C)c5)c5cccc(C)c5)cc(N(c5cccc(C)c5)c5cccc(C)c5)c4)c3)c2)c1. The molecule has 450 valence electrons. The lowest BCUT2D eigenvalue weighted by Crippen LogP contribution is -2.17. The van der Waals surface area contributed by atoms with Crippen molar-refractivity contribution in [1.82, 2.24) is 0 Å². The van der Waals surface area contributed by atoms with E-state index in [-0.39, 0.29) is 0 Å². The van der Waals surface area contributed by atoms with Crippen LogP contribution in [0.25, 0.3) is 0 Å². The van der Waals surface area contributed by atoms with Gasteiger partial charge in [-0.1, -0.05) is 140 Å². The normalized spacial score (nSPS) is 11.0. The zero-order valence-corrected chi connectivity index (χ0v) is 53.7. The van der Waals surface area contributed by atoms with E-state index < -0.39 is 0 Å². The van der Waals surface area contributed by atoms with Gasteiger partial charge in [-0.2, -0.15) is 0 Å². The topological polar surface area (TPSA) is 19.4 Å². The molecule has 0 heterocycles. The van der Waals surface area contributed by atoms with Gasteiger partial charge < -0.3 is 29.4 Å². The molecule has 0 aliphatic rings. The highest BCUT2D eigenvalue weighted by Crippen LogP contribution is 2.50. The van der Waals surface area contributed by atoms with Gasteiger partial charge in [0.05, 0.1) is 34.1 Å². The molecule has 0 spiro atoms. The van der Waals surface area contributed by atoms with Gasteiger partial charge in [-0.15, -0.1) is 0 Å². The van der Waals surface area contributed by atoms with Crippen LogP contribution in [-0.2, 0) is 0 Å². The summed E-state index contributed by atoms with van der Waals surface area (Å²) in [5.74, 6) is 0. The molecule has 0 aromatic heterocycles. The largest absolute Gasteiger partial charge is 0.310 e. The number of aryl methyl sites for hydroxylation is 8. The predicted octanol–water partition coefficient (Wildman–Crippen LogP) is 25.0. The van der Waals surface area contributed by atoms with E-state index in [1.807, 2.05) is 0 Å². The van der Waals surface area contributed by atoms with E-state index in [9.17, 15) is 0 Å². The molecule has 0 saturated carbocycles. The number of benzene rings is 13. The highest BCUT2D eigenvalue weighted by atomic mass is 15.2. The van der Waals surface area contributed by atoms with Crippen molar-refractivity contribution in [3.8, 4) is 0 Å². The lowest BCUT2D eigenvalue weighted by molar-refractivity contribution is 1.20. The Morgan fingerprint density at radius 1 is 0.120 bits per heavy atom. The Kier molecular flexibility index (Phi) is 17.1. The fourth-order valence-electron chi connectivity index (χ4n) is 12.7. The Morgan fingerprint density at radius 3 is 0.424 bits per heavy atom. The Morgan fingerprint density at radius 2 is 0.250 bits per heavy atom. The van der Waals surface area contributed by atoms with Crippen LogP contribution in [0.4, 0.5) is 102 Å². The van der Waals surface area contributed by atoms with Crippen LogP contribution in [0, 0.1) is 55.4 Å². The maximum Gasteiger partial charge on any atom is 0.0503 e. The van der Waals surface area contributed by atoms with Crippen LogP contribution >= 0.6 is 0 Å². The van der Waals surface area contributed by atoms with E-state index in [4.69, 9.17) is 0 Å². The molecule has 0 bridgehead atoms. The molecule has 0 radical (unpaired) electrons. The van der Waals surface area contributed by atoms with Crippen LogP contribution in [0.5, 0.6) is 0 Å². The van der Waals surface area contributed by atoms with E-state index in [1.54, 1.807) is 0 Å². The zero-order valence-electron chi connectivity index (χ0n) is 53.7. The molecule has 92 heavy (non-hydrogen) atoms. The van der Waals surface area contributed by atoms with Crippen molar-refractivity contribution < 1.29 is 0 Å². The molecule has 0 saturated heterocycles. The molecular weight excluding hydrogens is 1120 g/mol. The summed E-state index contributed by atoms with van der Waals surface area (Å²) < 4.78 is 0. The van der Waals surface area contributed by atoms with Crippen LogP contribution in [-0.4, -0.2) is 0 Å². The minimum atomic E-state index is 0.978. The minimum absolute atomic E-state index is 0.978. The van der Waals surface area contributed by atoms with E-state index >= 15 is 0 Å². The Labute approximate surface area is 544 Å². The number of anilines is 18. The van der Waals surface area contributed by atoms with Crippen LogP contribution in [0.1, 0.15) is 44.5 Å². The Bertz CT molecular complexity index is 4040. The number of nitrogens with zero attached hydrogens (tertiary/aromatic N) is 6. The summed E-state index contributed by atoms with van der Waals surface area (Å²) in [7, 11) is 0. The molecule has 0 amide bonds. The van der Waals surface area contributed by atoms with Crippen LogP contribution in [0.3, 0.4) is 0 Å². The molecule has 0 aliphatic heterocycles. The lowest BCUT2D eigenvalue weighted by Gasteiger charge is -2.34. The van der Waals surface area contributed by atoms with E-state index in [0.29, 0.717) is 0 Å². The predicted molar refractivity (Wildman–Crippen MR) is 392 cm³/mol.